The van der Waals surface area contributed by atoms with Crippen LogP contribution in [0.5, 0.6) is 0 Å². The van der Waals surface area contributed by atoms with E-state index in [-0.39, 0.29) is 5.82 Å². The largest absolute Gasteiger partial charge is 0.392 e. The highest BCUT2D eigenvalue weighted by atomic mass is 79.9. The second-order valence-corrected chi connectivity index (χ2v) is 5.82. The predicted octanol–water partition coefficient (Wildman–Crippen LogP) is 4.39. The normalized spacial score (nSPS) is 12.4. The van der Waals surface area contributed by atoms with Gasteiger partial charge in [0.05, 0.1) is 6.10 Å². The first-order chi connectivity index (χ1) is 9.02. The van der Waals surface area contributed by atoms with E-state index in [1.165, 1.54) is 12.1 Å². The fourth-order valence-corrected chi connectivity index (χ4v) is 2.60. The third-order valence-electron chi connectivity index (χ3n) is 2.78. The van der Waals surface area contributed by atoms with Gasteiger partial charge in [0.15, 0.2) is 0 Å². The zero-order valence-corrected chi connectivity index (χ0v) is 12.5. The molecular formula is C15H13BrClFO. The smallest absolute Gasteiger partial charge is 0.124 e. The van der Waals surface area contributed by atoms with Gasteiger partial charge in [0.2, 0.25) is 0 Å². The van der Waals surface area contributed by atoms with Gasteiger partial charge in [-0.05, 0) is 54.3 Å². The van der Waals surface area contributed by atoms with Crippen molar-refractivity contribution in [1.29, 1.82) is 0 Å². The van der Waals surface area contributed by atoms with Crippen LogP contribution in [-0.2, 0) is 12.8 Å². The van der Waals surface area contributed by atoms with Crippen LogP contribution in [0.3, 0.4) is 0 Å². The van der Waals surface area contributed by atoms with E-state index in [1.54, 1.807) is 12.1 Å². The van der Waals surface area contributed by atoms with Crippen molar-refractivity contribution in [1.82, 2.24) is 0 Å². The Morgan fingerprint density at radius 3 is 2.32 bits per heavy atom. The zero-order valence-electron chi connectivity index (χ0n) is 10.1. The minimum Gasteiger partial charge on any atom is -0.392 e. The average molecular weight is 344 g/mol. The Kier molecular flexibility index (Phi) is 4.97. The number of halogens is 3. The van der Waals surface area contributed by atoms with Crippen molar-refractivity contribution < 1.29 is 9.50 Å². The van der Waals surface area contributed by atoms with Crippen LogP contribution in [-0.4, -0.2) is 11.2 Å². The summed E-state index contributed by atoms with van der Waals surface area (Å²) in [6.45, 7) is 0. The van der Waals surface area contributed by atoms with Gasteiger partial charge >= 0.3 is 0 Å². The van der Waals surface area contributed by atoms with Crippen LogP contribution >= 0.6 is 27.5 Å². The van der Waals surface area contributed by atoms with Gasteiger partial charge in [-0.25, -0.2) is 4.39 Å². The highest BCUT2D eigenvalue weighted by Gasteiger charge is 2.08. The van der Waals surface area contributed by atoms with Gasteiger partial charge in [0, 0.05) is 9.50 Å². The Bertz CT molecular complexity index is 536. The summed E-state index contributed by atoms with van der Waals surface area (Å²) in [4.78, 5) is 0. The molecule has 0 fully saturated rings. The summed E-state index contributed by atoms with van der Waals surface area (Å²) in [5, 5.41) is 10.7. The van der Waals surface area contributed by atoms with Gasteiger partial charge in [0.1, 0.15) is 5.82 Å². The second-order valence-electron chi connectivity index (χ2n) is 4.47. The number of aliphatic hydroxyl groups is 1. The number of rotatable bonds is 4. The van der Waals surface area contributed by atoms with E-state index in [2.05, 4.69) is 15.9 Å². The van der Waals surface area contributed by atoms with Crippen LogP contribution in [0.25, 0.3) is 0 Å². The molecule has 19 heavy (non-hydrogen) atoms. The van der Waals surface area contributed by atoms with Crippen molar-refractivity contribution in [2.45, 2.75) is 18.9 Å². The summed E-state index contributed by atoms with van der Waals surface area (Å²) in [7, 11) is 0. The van der Waals surface area contributed by atoms with E-state index in [0.29, 0.717) is 22.3 Å². The molecule has 0 aliphatic heterocycles. The van der Waals surface area contributed by atoms with Crippen molar-refractivity contribution in [2.24, 2.45) is 0 Å². The molecule has 0 bridgehead atoms. The third-order valence-corrected chi connectivity index (χ3v) is 3.49. The molecular weight excluding hydrogens is 331 g/mol. The molecule has 1 atom stereocenters. The molecule has 4 heteroatoms. The zero-order chi connectivity index (χ0) is 13.8. The highest BCUT2D eigenvalue weighted by molar-refractivity contribution is 9.10. The molecule has 0 saturated carbocycles. The van der Waals surface area contributed by atoms with Crippen molar-refractivity contribution in [3.8, 4) is 0 Å². The summed E-state index contributed by atoms with van der Waals surface area (Å²) in [5.41, 5.74) is 1.78. The number of hydrogen-bond acceptors (Lipinski definition) is 1. The van der Waals surface area contributed by atoms with E-state index in [1.807, 2.05) is 18.2 Å². The third kappa shape index (κ3) is 4.60. The molecule has 100 valence electrons. The average Bonchev–Trinajstić information content (AvgIpc) is 2.30. The van der Waals surface area contributed by atoms with E-state index < -0.39 is 6.10 Å². The Hall–Kier alpha value is -0.900. The molecule has 0 aliphatic carbocycles. The summed E-state index contributed by atoms with van der Waals surface area (Å²) in [6.07, 6.45) is 0.388. The summed E-state index contributed by atoms with van der Waals surface area (Å²) < 4.78 is 13.9. The van der Waals surface area contributed by atoms with Gasteiger partial charge in [0.25, 0.3) is 0 Å². The molecule has 2 aromatic rings. The molecule has 0 spiro atoms. The topological polar surface area (TPSA) is 20.2 Å². The molecule has 1 unspecified atom stereocenters. The van der Waals surface area contributed by atoms with Gasteiger partial charge < -0.3 is 5.11 Å². The Morgan fingerprint density at radius 2 is 1.68 bits per heavy atom. The first-order valence-electron chi connectivity index (χ1n) is 5.90. The minimum atomic E-state index is -0.546. The lowest BCUT2D eigenvalue weighted by Gasteiger charge is -2.11. The van der Waals surface area contributed by atoms with E-state index in [0.717, 1.165) is 11.1 Å². The Balaban J connectivity index is 2.00. The summed E-state index contributed by atoms with van der Waals surface area (Å²) >= 11 is 9.04. The molecule has 1 N–H and O–H groups in total. The van der Waals surface area contributed by atoms with Crippen LogP contribution in [0.1, 0.15) is 11.1 Å². The van der Waals surface area contributed by atoms with Crippen LogP contribution < -0.4 is 0 Å². The van der Waals surface area contributed by atoms with Gasteiger partial charge in [-0.2, -0.15) is 0 Å². The van der Waals surface area contributed by atoms with Gasteiger partial charge in [-0.1, -0.05) is 39.7 Å². The number of aliphatic hydroxyl groups excluding tert-OH is 1. The maximum Gasteiger partial charge on any atom is 0.124 e. The first-order valence-corrected chi connectivity index (χ1v) is 7.07. The Labute approximate surface area is 125 Å². The van der Waals surface area contributed by atoms with Gasteiger partial charge in [-0.3, -0.25) is 0 Å². The lowest BCUT2D eigenvalue weighted by atomic mass is 10.0. The van der Waals surface area contributed by atoms with Crippen LogP contribution in [0.15, 0.2) is 46.9 Å². The van der Waals surface area contributed by atoms with Crippen molar-refractivity contribution in [2.75, 3.05) is 0 Å². The molecule has 0 radical (unpaired) electrons. The van der Waals surface area contributed by atoms with E-state index >= 15 is 0 Å². The van der Waals surface area contributed by atoms with Crippen LogP contribution in [0.2, 0.25) is 5.02 Å². The number of benzene rings is 2. The van der Waals surface area contributed by atoms with Crippen molar-refractivity contribution in [3.05, 3.63) is 68.9 Å². The standard InChI is InChI=1S/C15H13BrClFO/c16-12-5-11(6-14(18)9-12)8-15(19)7-10-1-3-13(17)4-2-10/h1-6,9,15,19H,7-8H2. The van der Waals surface area contributed by atoms with Crippen molar-refractivity contribution in [3.63, 3.8) is 0 Å². The SMILES string of the molecule is OC(Cc1ccc(Cl)cc1)Cc1cc(F)cc(Br)c1. The highest BCUT2D eigenvalue weighted by Crippen LogP contribution is 2.18. The maximum absolute atomic E-state index is 13.2. The monoisotopic (exact) mass is 342 g/mol. The second kappa shape index (κ2) is 6.51. The Morgan fingerprint density at radius 1 is 1.05 bits per heavy atom. The molecule has 2 aromatic carbocycles. The quantitative estimate of drug-likeness (QED) is 0.873. The summed E-state index contributed by atoms with van der Waals surface area (Å²) in [6, 6.07) is 12.0. The van der Waals surface area contributed by atoms with Gasteiger partial charge in [-0.15, -0.1) is 0 Å². The number of hydrogen-bond donors (Lipinski definition) is 1. The molecule has 2 rings (SSSR count). The maximum atomic E-state index is 13.2. The lowest BCUT2D eigenvalue weighted by Crippen LogP contribution is -2.14. The van der Waals surface area contributed by atoms with Crippen LogP contribution in [0, 0.1) is 5.82 Å². The predicted molar refractivity (Wildman–Crippen MR) is 79.0 cm³/mol. The van der Waals surface area contributed by atoms with Crippen molar-refractivity contribution >= 4 is 27.5 Å². The molecule has 0 heterocycles. The molecule has 0 aliphatic rings. The fraction of sp³-hybridized carbons (Fsp3) is 0.200. The summed E-state index contributed by atoms with van der Waals surface area (Å²) in [5.74, 6) is -0.303. The fourth-order valence-electron chi connectivity index (χ4n) is 1.97. The molecule has 1 nitrogen and oxygen atoms in total. The molecule has 0 saturated heterocycles. The van der Waals surface area contributed by atoms with Crippen LogP contribution in [0.4, 0.5) is 4.39 Å². The molecule has 0 amide bonds. The van der Waals surface area contributed by atoms with E-state index in [9.17, 15) is 9.50 Å². The lowest BCUT2D eigenvalue weighted by molar-refractivity contribution is 0.175. The molecule has 0 aromatic heterocycles. The minimum absolute atomic E-state index is 0.303. The van der Waals surface area contributed by atoms with E-state index in [4.69, 9.17) is 11.6 Å². The first kappa shape index (κ1) is 14.5.